The van der Waals surface area contributed by atoms with Gasteiger partial charge in [0.2, 0.25) is 0 Å². The predicted octanol–water partition coefficient (Wildman–Crippen LogP) is 4.63. The predicted molar refractivity (Wildman–Crippen MR) is 107 cm³/mol. The second-order valence-electron chi connectivity index (χ2n) is 6.06. The van der Waals surface area contributed by atoms with Gasteiger partial charge in [-0.15, -0.1) is 0 Å². The average molecular weight is 419 g/mol. The van der Waals surface area contributed by atoms with Crippen molar-refractivity contribution >= 4 is 33.4 Å². The van der Waals surface area contributed by atoms with Gasteiger partial charge >= 0.3 is 0 Å². The van der Waals surface area contributed by atoms with Gasteiger partial charge in [-0.25, -0.2) is 0 Å². The van der Waals surface area contributed by atoms with Gasteiger partial charge in [-0.2, -0.15) is 0 Å². The molecular weight excluding hydrogens is 396 g/mol. The van der Waals surface area contributed by atoms with Crippen LogP contribution in [0.1, 0.15) is 47.9 Å². The molecule has 26 heavy (non-hydrogen) atoms. The van der Waals surface area contributed by atoms with Crippen LogP contribution in [0.25, 0.3) is 0 Å². The van der Waals surface area contributed by atoms with Gasteiger partial charge in [0.05, 0.1) is 22.9 Å². The van der Waals surface area contributed by atoms with Gasteiger partial charge in [-0.05, 0) is 50.6 Å². The molecule has 0 spiro atoms. The minimum atomic E-state index is -0.335. The van der Waals surface area contributed by atoms with E-state index >= 15 is 0 Å². The third-order valence-electron chi connectivity index (χ3n) is 3.50. The Hall–Kier alpha value is -2.34. The van der Waals surface area contributed by atoms with Crippen molar-refractivity contribution in [2.75, 3.05) is 11.9 Å². The molecule has 0 aliphatic heterocycles. The smallest absolute Gasteiger partial charge is 0.259 e. The molecule has 5 nitrogen and oxygen atoms in total. The second kappa shape index (κ2) is 9.38. The number of benzene rings is 2. The highest BCUT2D eigenvalue weighted by atomic mass is 79.9. The molecule has 0 bridgehead atoms. The van der Waals surface area contributed by atoms with Crippen LogP contribution in [0.3, 0.4) is 0 Å². The molecule has 138 valence electrons. The van der Waals surface area contributed by atoms with Crippen molar-refractivity contribution in [1.29, 1.82) is 0 Å². The fraction of sp³-hybridized carbons (Fsp3) is 0.300. The molecule has 0 aliphatic carbocycles. The van der Waals surface area contributed by atoms with Gasteiger partial charge < -0.3 is 15.4 Å². The minimum absolute atomic E-state index is 0.0603. The van der Waals surface area contributed by atoms with Crippen molar-refractivity contribution in [1.82, 2.24) is 5.32 Å². The van der Waals surface area contributed by atoms with Crippen LogP contribution in [0.4, 0.5) is 5.69 Å². The summed E-state index contributed by atoms with van der Waals surface area (Å²) in [5, 5.41) is 5.65. The number of carbonyl (C=O) groups excluding carboxylic acids is 2. The fourth-order valence-electron chi connectivity index (χ4n) is 2.35. The maximum atomic E-state index is 12.8. The van der Waals surface area contributed by atoms with E-state index in [4.69, 9.17) is 4.74 Å². The molecule has 0 aliphatic rings. The first-order valence-electron chi connectivity index (χ1n) is 8.57. The van der Waals surface area contributed by atoms with Gasteiger partial charge in [0.1, 0.15) is 5.75 Å². The van der Waals surface area contributed by atoms with Crippen LogP contribution in [0.2, 0.25) is 0 Å². The summed E-state index contributed by atoms with van der Waals surface area (Å²) in [4.78, 5) is 25.1. The molecule has 2 aromatic carbocycles. The lowest BCUT2D eigenvalue weighted by Crippen LogP contribution is -2.26. The van der Waals surface area contributed by atoms with E-state index in [1.54, 1.807) is 36.4 Å². The molecule has 0 heterocycles. The first-order chi connectivity index (χ1) is 12.4. The number of ether oxygens (including phenoxy) is 1. The van der Waals surface area contributed by atoms with Crippen LogP contribution in [-0.4, -0.2) is 24.5 Å². The SMILES string of the molecule is CCCNC(=O)c1ccccc1NC(=O)c1cc(Br)ccc1OC(C)C. The molecule has 0 unspecified atom stereocenters. The summed E-state index contributed by atoms with van der Waals surface area (Å²) in [5.74, 6) is -0.0537. The van der Waals surface area contributed by atoms with Crippen molar-refractivity contribution in [3.05, 3.63) is 58.1 Å². The number of halogens is 1. The first kappa shape index (κ1) is 20.0. The van der Waals surface area contributed by atoms with E-state index in [-0.39, 0.29) is 17.9 Å². The topological polar surface area (TPSA) is 67.4 Å². The molecule has 0 fully saturated rings. The summed E-state index contributed by atoms with van der Waals surface area (Å²) in [6, 6.07) is 12.2. The molecule has 2 N–H and O–H groups in total. The highest BCUT2D eigenvalue weighted by Crippen LogP contribution is 2.26. The van der Waals surface area contributed by atoms with E-state index in [0.717, 1.165) is 10.9 Å². The molecule has 6 heteroatoms. The van der Waals surface area contributed by atoms with Gasteiger partial charge in [0, 0.05) is 11.0 Å². The number of para-hydroxylation sites is 1. The summed E-state index contributed by atoms with van der Waals surface area (Å²) < 4.78 is 6.50. The molecular formula is C20H23BrN2O3. The normalized spacial score (nSPS) is 10.5. The van der Waals surface area contributed by atoms with Crippen LogP contribution < -0.4 is 15.4 Å². The van der Waals surface area contributed by atoms with Crippen LogP contribution >= 0.6 is 15.9 Å². The zero-order valence-corrected chi connectivity index (χ0v) is 16.7. The molecule has 2 rings (SSSR count). The Bertz CT molecular complexity index is 790. The van der Waals surface area contributed by atoms with E-state index in [1.807, 2.05) is 26.8 Å². The lowest BCUT2D eigenvalue weighted by Gasteiger charge is -2.16. The fourth-order valence-corrected chi connectivity index (χ4v) is 2.71. The third kappa shape index (κ3) is 5.33. The summed E-state index contributed by atoms with van der Waals surface area (Å²) in [7, 11) is 0. The standard InChI is InChI=1S/C20H23BrN2O3/c1-4-11-22-19(24)15-7-5-6-8-17(15)23-20(25)16-12-14(21)9-10-18(16)26-13(2)3/h5-10,12-13H,4,11H2,1-3H3,(H,22,24)(H,23,25). The monoisotopic (exact) mass is 418 g/mol. The number of amides is 2. The maximum absolute atomic E-state index is 12.8. The number of hydrogen-bond donors (Lipinski definition) is 2. The summed E-state index contributed by atoms with van der Waals surface area (Å²) in [6.07, 6.45) is 0.781. The van der Waals surface area contributed by atoms with E-state index in [1.165, 1.54) is 0 Å². The Morgan fingerprint density at radius 2 is 1.81 bits per heavy atom. The number of nitrogens with one attached hydrogen (secondary N) is 2. The maximum Gasteiger partial charge on any atom is 0.259 e. The lowest BCUT2D eigenvalue weighted by atomic mass is 10.1. The highest BCUT2D eigenvalue weighted by Gasteiger charge is 2.17. The summed E-state index contributed by atoms with van der Waals surface area (Å²) >= 11 is 3.38. The van der Waals surface area contributed by atoms with E-state index in [9.17, 15) is 9.59 Å². The number of anilines is 1. The van der Waals surface area contributed by atoms with Crippen molar-refractivity contribution in [3.8, 4) is 5.75 Å². The van der Waals surface area contributed by atoms with Crippen molar-refractivity contribution in [2.24, 2.45) is 0 Å². The number of hydrogen-bond acceptors (Lipinski definition) is 3. The van der Waals surface area contributed by atoms with Crippen molar-refractivity contribution in [2.45, 2.75) is 33.3 Å². The molecule has 0 radical (unpaired) electrons. The Labute approximate surface area is 162 Å². The van der Waals surface area contributed by atoms with Crippen LogP contribution in [0.5, 0.6) is 5.75 Å². The quantitative estimate of drug-likeness (QED) is 0.688. The van der Waals surface area contributed by atoms with E-state index in [2.05, 4.69) is 26.6 Å². The van der Waals surface area contributed by atoms with Gasteiger partial charge in [-0.3, -0.25) is 9.59 Å². The summed E-state index contributed by atoms with van der Waals surface area (Å²) in [5.41, 5.74) is 1.29. The van der Waals surface area contributed by atoms with Crippen molar-refractivity contribution < 1.29 is 14.3 Å². The molecule has 0 saturated heterocycles. The van der Waals surface area contributed by atoms with Gasteiger partial charge in [0.15, 0.2) is 0 Å². The molecule has 2 amide bonds. The Balaban J connectivity index is 2.28. The average Bonchev–Trinajstić information content (AvgIpc) is 2.61. The highest BCUT2D eigenvalue weighted by molar-refractivity contribution is 9.10. The Morgan fingerprint density at radius 1 is 1.08 bits per heavy atom. The second-order valence-corrected chi connectivity index (χ2v) is 6.98. The summed E-state index contributed by atoms with van der Waals surface area (Å²) in [6.45, 7) is 6.37. The lowest BCUT2D eigenvalue weighted by molar-refractivity contribution is 0.0954. The minimum Gasteiger partial charge on any atom is -0.490 e. The zero-order chi connectivity index (χ0) is 19.1. The molecule has 0 aromatic heterocycles. The zero-order valence-electron chi connectivity index (χ0n) is 15.1. The van der Waals surface area contributed by atoms with Crippen molar-refractivity contribution in [3.63, 3.8) is 0 Å². The van der Waals surface area contributed by atoms with Crippen LogP contribution in [0, 0.1) is 0 Å². The van der Waals surface area contributed by atoms with Crippen LogP contribution in [0.15, 0.2) is 46.9 Å². The molecule has 0 atom stereocenters. The Morgan fingerprint density at radius 3 is 2.50 bits per heavy atom. The largest absolute Gasteiger partial charge is 0.490 e. The number of rotatable bonds is 7. The molecule has 2 aromatic rings. The Kier molecular flexibility index (Phi) is 7.21. The molecule has 0 saturated carbocycles. The number of carbonyl (C=O) groups is 2. The third-order valence-corrected chi connectivity index (χ3v) is 4.00. The van der Waals surface area contributed by atoms with E-state index < -0.39 is 0 Å². The van der Waals surface area contributed by atoms with E-state index in [0.29, 0.717) is 29.1 Å². The first-order valence-corrected chi connectivity index (χ1v) is 9.36. The van der Waals surface area contributed by atoms with Gasteiger partial charge in [0.25, 0.3) is 11.8 Å². The van der Waals surface area contributed by atoms with Gasteiger partial charge in [-0.1, -0.05) is 35.0 Å². The van der Waals surface area contributed by atoms with Crippen LogP contribution in [-0.2, 0) is 0 Å².